The van der Waals surface area contributed by atoms with Crippen LogP contribution in [0.3, 0.4) is 0 Å². The summed E-state index contributed by atoms with van der Waals surface area (Å²) in [6.45, 7) is 1.24. The Morgan fingerprint density at radius 2 is 2.21 bits per heavy atom. The number of benzene rings is 1. The molecular formula is C12H11FN4O2. The quantitative estimate of drug-likeness (QED) is 0.824. The Morgan fingerprint density at radius 3 is 3.00 bits per heavy atom. The van der Waals surface area contributed by atoms with Gasteiger partial charge in [0.2, 0.25) is 0 Å². The van der Waals surface area contributed by atoms with E-state index in [4.69, 9.17) is 0 Å². The van der Waals surface area contributed by atoms with E-state index < -0.39 is 11.7 Å². The Balaban J connectivity index is 1.90. The van der Waals surface area contributed by atoms with E-state index in [1.807, 2.05) is 4.57 Å². The first-order valence-corrected chi connectivity index (χ1v) is 5.80. The molecule has 1 aromatic heterocycles. The highest BCUT2D eigenvalue weighted by Gasteiger charge is 2.26. The molecule has 19 heavy (non-hydrogen) atoms. The van der Waals surface area contributed by atoms with Gasteiger partial charge in [0, 0.05) is 13.1 Å². The molecule has 2 aromatic rings. The predicted octanol–water partition coefficient (Wildman–Crippen LogP) is 0.779. The molecule has 1 aliphatic heterocycles. The summed E-state index contributed by atoms with van der Waals surface area (Å²) in [7, 11) is 0. The summed E-state index contributed by atoms with van der Waals surface area (Å²) in [5.41, 5.74) is -0.296. The van der Waals surface area contributed by atoms with Gasteiger partial charge in [-0.3, -0.25) is 4.79 Å². The number of phenols is 1. The van der Waals surface area contributed by atoms with Crippen molar-refractivity contribution in [2.75, 3.05) is 6.54 Å². The fourth-order valence-electron chi connectivity index (χ4n) is 2.12. The molecule has 1 amide bonds. The zero-order valence-corrected chi connectivity index (χ0v) is 9.95. The first kappa shape index (κ1) is 11.6. The van der Waals surface area contributed by atoms with Crippen LogP contribution in [0.2, 0.25) is 0 Å². The van der Waals surface area contributed by atoms with Crippen LogP contribution in [0.5, 0.6) is 5.75 Å². The third-order valence-corrected chi connectivity index (χ3v) is 3.13. The molecule has 0 saturated heterocycles. The van der Waals surface area contributed by atoms with Crippen LogP contribution in [0, 0.1) is 5.82 Å². The topological polar surface area (TPSA) is 71.2 Å². The highest BCUT2D eigenvalue weighted by Crippen LogP contribution is 2.23. The number of amides is 1. The van der Waals surface area contributed by atoms with Gasteiger partial charge in [0.05, 0.1) is 6.54 Å². The number of hydrogen-bond acceptors (Lipinski definition) is 4. The van der Waals surface area contributed by atoms with Gasteiger partial charge in [0.15, 0.2) is 5.82 Å². The molecule has 7 heteroatoms. The Hall–Kier alpha value is -2.44. The number of nitrogens with zero attached hydrogens (tertiary/aromatic N) is 4. The molecule has 2 heterocycles. The van der Waals surface area contributed by atoms with Crippen molar-refractivity contribution in [1.82, 2.24) is 19.7 Å². The van der Waals surface area contributed by atoms with Crippen LogP contribution >= 0.6 is 0 Å². The lowest BCUT2D eigenvalue weighted by Crippen LogP contribution is -2.38. The van der Waals surface area contributed by atoms with Crippen molar-refractivity contribution < 1.29 is 14.3 Å². The zero-order chi connectivity index (χ0) is 13.4. The maximum atomic E-state index is 13.7. The molecule has 0 saturated carbocycles. The summed E-state index contributed by atoms with van der Waals surface area (Å²) in [6, 6.07) is 3.80. The molecule has 0 aliphatic carbocycles. The van der Waals surface area contributed by atoms with Gasteiger partial charge in [0.25, 0.3) is 5.91 Å². The van der Waals surface area contributed by atoms with Gasteiger partial charge < -0.3 is 14.6 Å². The monoisotopic (exact) mass is 262 g/mol. The lowest BCUT2D eigenvalue weighted by Gasteiger charge is -2.27. The predicted molar refractivity (Wildman–Crippen MR) is 62.8 cm³/mol. The van der Waals surface area contributed by atoms with E-state index in [0.717, 1.165) is 6.07 Å². The minimum Gasteiger partial charge on any atom is -0.507 e. The smallest absolute Gasteiger partial charge is 0.261 e. The molecule has 3 rings (SSSR count). The number of hydrogen-bond donors (Lipinski definition) is 1. The number of fused-ring (bicyclic) bond motifs is 1. The summed E-state index contributed by atoms with van der Waals surface area (Å²) in [5.74, 6) is -0.964. The van der Waals surface area contributed by atoms with Gasteiger partial charge in [-0.05, 0) is 12.1 Å². The molecule has 0 spiro atoms. The maximum absolute atomic E-state index is 13.7. The number of aromatic hydroxyl groups is 1. The van der Waals surface area contributed by atoms with Crippen LogP contribution in [-0.4, -0.2) is 37.2 Å². The minimum atomic E-state index is -0.725. The van der Waals surface area contributed by atoms with E-state index in [0.29, 0.717) is 18.9 Å². The molecule has 98 valence electrons. The molecule has 0 atom stereocenters. The first-order valence-electron chi connectivity index (χ1n) is 5.80. The zero-order valence-electron chi connectivity index (χ0n) is 9.95. The molecular weight excluding hydrogens is 251 g/mol. The highest BCUT2D eigenvalue weighted by atomic mass is 19.1. The Kier molecular flexibility index (Phi) is 2.66. The van der Waals surface area contributed by atoms with Crippen molar-refractivity contribution in [3.05, 3.63) is 41.7 Å². The van der Waals surface area contributed by atoms with E-state index in [1.54, 1.807) is 6.33 Å². The third kappa shape index (κ3) is 1.92. The van der Waals surface area contributed by atoms with Crippen LogP contribution in [0.1, 0.15) is 16.2 Å². The SMILES string of the molecule is O=C(c1c(O)cccc1F)N1CCn2cnnc2C1. The summed E-state index contributed by atoms with van der Waals surface area (Å²) in [5, 5.41) is 17.3. The van der Waals surface area contributed by atoms with Crippen LogP contribution in [0.4, 0.5) is 4.39 Å². The van der Waals surface area contributed by atoms with Crippen molar-refractivity contribution in [2.24, 2.45) is 0 Å². The number of rotatable bonds is 1. The normalized spacial score (nSPS) is 14.3. The molecule has 0 bridgehead atoms. The Labute approximate surface area is 108 Å². The van der Waals surface area contributed by atoms with Gasteiger partial charge in [-0.2, -0.15) is 0 Å². The summed E-state index contributed by atoms with van der Waals surface area (Å²) in [6.07, 6.45) is 1.59. The third-order valence-electron chi connectivity index (χ3n) is 3.13. The van der Waals surface area contributed by atoms with Crippen molar-refractivity contribution in [3.8, 4) is 5.75 Å². The second-order valence-electron chi connectivity index (χ2n) is 4.30. The van der Waals surface area contributed by atoms with Crippen molar-refractivity contribution in [2.45, 2.75) is 13.1 Å². The van der Waals surface area contributed by atoms with Gasteiger partial charge in [0.1, 0.15) is 23.5 Å². The lowest BCUT2D eigenvalue weighted by molar-refractivity contribution is 0.0699. The molecule has 1 aromatic carbocycles. The van der Waals surface area contributed by atoms with Crippen molar-refractivity contribution in [3.63, 3.8) is 0 Å². The van der Waals surface area contributed by atoms with Gasteiger partial charge in [-0.15, -0.1) is 10.2 Å². The average Bonchev–Trinajstić information content (AvgIpc) is 2.85. The van der Waals surface area contributed by atoms with E-state index in [9.17, 15) is 14.3 Å². The largest absolute Gasteiger partial charge is 0.507 e. The van der Waals surface area contributed by atoms with Crippen molar-refractivity contribution in [1.29, 1.82) is 0 Å². The van der Waals surface area contributed by atoms with E-state index in [-0.39, 0.29) is 17.9 Å². The maximum Gasteiger partial charge on any atom is 0.261 e. The molecule has 6 nitrogen and oxygen atoms in total. The summed E-state index contributed by atoms with van der Waals surface area (Å²) < 4.78 is 15.5. The fraction of sp³-hybridized carbons (Fsp3) is 0.250. The molecule has 0 unspecified atom stereocenters. The molecule has 0 fully saturated rings. The van der Waals surface area contributed by atoms with Crippen LogP contribution in [0.15, 0.2) is 24.5 Å². The molecule has 1 aliphatic rings. The number of phenolic OH excluding ortho intramolecular Hbond substituents is 1. The average molecular weight is 262 g/mol. The first-order chi connectivity index (χ1) is 9.16. The number of halogens is 1. The van der Waals surface area contributed by atoms with E-state index >= 15 is 0 Å². The molecule has 1 N–H and O–H groups in total. The van der Waals surface area contributed by atoms with E-state index in [2.05, 4.69) is 10.2 Å². The van der Waals surface area contributed by atoms with Crippen LogP contribution < -0.4 is 0 Å². The number of carbonyl (C=O) groups excluding carboxylic acids is 1. The number of carbonyl (C=O) groups is 1. The van der Waals surface area contributed by atoms with Gasteiger partial charge in [-0.25, -0.2) is 4.39 Å². The fourth-order valence-corrected chi connectivity index (χ4v) is 2.12. The van der Waals surface area contributed by atoms with Crippen LogP contribution in [0.25, 0.3) is 0 Å². The lowest BCUT2D eigenvalue weighted by atomic mass is 10.1. The standard InChI is InChI=1S/C12H11FN4O2/c13-8-2-1-3-9(18)11(8)12(19)16-4-5-17-7-14-15-10(17)6-16/h1-3,7,18H,4-6H2. The second kappa shape index (κ2) is 4.34. The molecule has 0 radical (unpaired) electrons. The summed E-state index contributed by atoms with van der Waals surface area (Å²) >= 11 is 0. The Morgan fingerprint density at radius 1 is 1.37 bits per heavy atom. The van der Waals surface area contributed by atoms with E-state index in [1.165, 1.54) is 17.0 Å². The number of aromatic nitrogens is 3. The van der Waals surface area contributed by atoms with Crippen molar-refractivity contribution >= 4 is 5.91 Å². The van der Waals surface area contributed by atoms with Gasteiger partial charge in [-0.1, -0.05) is 6.07 Å². The summed E-state index contributed by atoms with van der Waals surface area (Å²) in [4.78, 5) is 13.7. The highest BCUT2D eigenvalue weighted by molar-refractivity contribution is 5.97. The second-order valence-corrected chi connectivity index (χ2v) is 4.30. The van der Waals surface area contributed by atoms with Crippen LogP contribution in [-0.2, 0) is 13.1 Å². The minimum absolute atomic E-state index is 0.257. The van der Waals surface area contributed by atoms with Gasteiger partial charge >= 0.3 is 0 Å². The Bertz CT molecular complexity index is 620.